The Balaban J connectivity index is 1.40. The number of nitrogens with two attached hydrogens (primary N) is 1. The smallest absolute Gasteiger partial charge is 0.257 e. The van der Waals surface area contributed by atoms with Crippen LogP contribution >= 0.6 is 0 Å². The van der Waals surface area contributed by atoms with Crippen molar-refractivity contribution in [2.75, 3.05) is 18.2 Å². The van der Waals surface area contributed by atoms with Gasteiger partial charge in [-0.25, -0.2) is 0 Å². The predicted octanol–water partition coefficient (Wildman–Crippen LogP) is 5.69. The van der Waals surface area contributed by atoms with E-state index < -0.39 is 0 Å². The molecule has 0 aromatic heterocycles. The van der Waals surface area contributed by atoms with Crippen LogP contribution in [0.2, 0.25) is 0 Å². The number of anilines is 2. The molecule has 0 bridgehead atoms. The van der Waals surface area contributed by atoms with E-state index in [4.69, 9.17) is 19.9 Å². The van der Waals surface area contributed by atoms with Gasteiger partial charge in [0.25, 0.3) is 5.91 Å². The van der Waals surface area contributed by atoms with Gasteiger partial charge in [-0.2, -0.15) is 0 Å². The number of methoxy groups -OCH3 is 1. The minimum absolute atomic E-state index is 0.296. The minimum atomic E-state index is -0.344. The Morgan fingerprint density at radius 2 is 1.35 bits per heavy atom. The molecule has 0 heterocycles. The largest absolute Gasteiger partial charge is 0.493 e. The Labute approximate surface area is 198 Å². The lowest BCUT2D eigenvalue weighted by molar-refractivity contribution is 0.102. The maximum Gasteiger partial charge on any atom is 0.257 e. The number of amides is 1. The van der Waals surface area contributed by atoms with E-state index in [-0.39, 0.29) is 5.91 Å². The predicted molar refractivity (Wildman–Crippen MR) is 133 cm³/mol. The third-order valence-electron chi connectivity index (χ3n) is 5.18. The van der Waals surface area contributed by atoms with Gasteiger partial charge in [-0.3, -0.25) is 4.79 Å². The van der Waals surface area contributed by atoms with Crippen LogP contribution in [0.4, 0.5) is 11.4 Å². The highest BCUT2D eigenvalue weighted by Crippen LogP contribution is 2.33. The van der Waals surface area contributed by atoms with Crippen LogP contribution in [-0.4, -0.2) is 13.0 Å². The van der Waals surface area contributed by atoms with Gasteiger partial charge < -0.3 is 25.3 Å². The zero-order valence-corrected chi connectivity index (χ0v) is 18.9. The summed E-state index contributed by atoms with van der Waals surface area (Å²) < 4.78 is 17.1. The molecule has 1 amide bonds. The molecule has 0 spiro atoms. The molecule has 6 heteroatoms. The lowest BCUT2D eigenvalue weighted by atomic mass is 10.1. The Morgan fingerprint density at radius 1 is 0.765 bits per heavy atom. The molecule has 172 valence electrons. The molecule has 4 aromatic rings. The number of carbonyl (C=O) groups excluding carboxylic acids is 1. The van der Waals surface area contributed by atoms with Crippen molar-refractivity contribution in [3.05, 3.63) is 114 Å². The molecule has 34 heavy (non-hydrogen) atoms. The summed E-state index contributed by atoms with van der Waals surface area (Å²) >= 11 is 0. The fraction of sp³-hybridized carbons (Fsp3) is 0.107. The van der Waals surface area contributed by atoms with Crippen LogP contribution in [-0.2, 0) is 13.2 Å². The van der Waals surface area contributed by atoms with E-state index in [0.717, 1.165) is 11.1 Å². The third kappa shape index (κ3) is 5.86. The molecular weight excluding hydrogens is 428 g/mol. The van der Waals surface area contributed by atoms with Crippen molar-refractivity contribution in [1.82, 2.24) is 0 Å². The summed E-state index contributed by atoms with van der Waals surface area (Å²) in [6.07, 6.45) is 0. The lowest BCUT2D eigenvalue weighted by Gasteiger charge is -2.15. The average Bonchev–Trinajstić information content (AvgIpc) is 2.88. The van der Waals surface area contributed by atoms with Crippen molar-refractivity contribution in [3.63, 3.8) is 0 Å². The van der Waals surface area contributed by atoms with Crippen LogP contribution in [0, 0.1) is 0 Å². The number of ether oxygens (including phenoxy) is 3. The van der Waals surface area contributed by atoms with E-state index in [2.05, 4.69) is 5.32 Å². The van der Waals surface area contributed by atoms with E-state index >= 15 is 0 Å². The number of nitrogens with one attached hydrogen (secondary N) is 1. The highest BCUT2D eigenvalue weighted by Gasteiger charge is 2.16. The summed E-state index contributed by atoms with van der Waals surface area (Å²) in [6, 6.07) is 30.1. The monoisotopic (exact) mass is 454 g/mol. The van der Waals surface area contributed by atoms with Crippen molar-refractivity contribution in [2.45, 2.75) is 13.2 Å². The molecule has 0 unspecified atom stereocenters. The molecule has 0 fully saturated rings. The van der Waals surface area contributed by atoms with Crippen LogP contribution in [0.1, 0.15) is 21.5 Å². The zero-order chi connectivity index (χ0) is 23.8. The molecule has 0 atom stereocenters. The zero-order valence-electron chi connectivity index (χ0n) is 18.9. The van der Waals surface area contributed by atoms with Gasteiger partial charge >= 0.3 is 0 Å². The number of nitrogen functional groups attached to an aromatic ring is 1. The summed E-state index contributed by atoms with van der Waals surface area (Å²) in [5.41, 5.74) is 9.49. The number of hydrogen-bond acceptors (Lipinski definition) is 5. The first kappa shape index (κ1) is 22.7. The van der Waals surface area contributed by atoms with Crippen LogP contribution in [0.25, 0.3) is 0 Å². The average molecular weight is 455 g/mol. The van der Waals surface area contributed by atoms with Gasteiger partial charge in [0, 0.05) is 17.4 Å². The Kier molecular flexibility index (Phi) is 7.30. The third-order valence-corrected chi connectivity index (χ3v) is 5.18. The SMILES string of the molecule is COc1cc(C(=O)Nc2ccc(OCc3ccccc3)cc2)c(N)cc1OCc1ccccc1. The topological polar surface area (TPSA) is 82.8 Å². The van der Waals surface area contributed by atoms with E-state index in [1.54, 1.807) is 24.3 Å². The van der Waals surface area contributed by atoms with E-state index in [9.17, 15) is 4.79 Å². The second kappa shape index (κ2) is 10.9. The van der Waals surface area contributed by atoms with Crippen molar-refractivity contribution >= 4 is 17.3 Å². The molecular formula is C28H26N2O4. The van der Waals surface area contributed by atoms with Crippen LogP contribution in [0.5, 0.6) is 17.2 Å². The van der Waals surface area contributed by atoms with E-state index in [1.165, 1.54) is 7.11 Å². The van der Waals surface area contributed by atoms with Gasteiger partial charge in [0.05, 0.1) is 12.7 Å². The molecule has 0 aliphatic heterocycles. The van der Waals surface area contributed by atoms with Gasteiger partial charge in [-0.15, -0.1) is 0 Å². The van der Waals surface area contributed by atoms with Gasteiger partial charge in [0.15, 0.2) is 11.5 Å². The second-order valence-electron chi connectivity index (χ2n) is 7.62. The van der Waals surface area contributed by atoms with Crippen molar-refractivity contribution < 1.29 is 19.0 Å². The fourth-order valence-electron chi connectivity index (χ4n) is 3.35. The highest BCUT2D eigenvalue weighted by atomic mass is 16.5. The van der Waals surface area contributed by atoms with Crippen molar-refractivity contribution in [2.24, 2.45) is 0 Å². The summed E-state index contributed by atoms with van der Waals surface area (Å²) in [4.78, 5) is 12.9. The molecule has 4 aromatic carbocycles. The number of hydrogen-bond donors (Lipinski definition) is 2. The molecule has 6 nitrogen and oxygen atoms in total. The maximum absolute atomic E-state index is 12.9. The summed E-state index contributed by atoms with van der Waals surface area (Å²) in [6.45, 7) is 0.836. The number of benzene rings is 4. The molecule has 0 aliphatic carbocycles. The number of carbonyl (C=O) groups is 1. The maximum atomic E-state index is 12.9. The molecule has 0 radical (unpaired) electrons. The first-order chi connectivity index (χ1) is 16.6. The Hall–Kier alpha value is -4.45. The van der Waals surface area contributed by atoms with Crippen molar-refractivity contribution in [1.29, 1.82) is 0 Å². The van der Waals surface area contributed by atoms with Gasteiger partial charge in [0.2, 0.25) is 0 Å². The first-order valence-corrected chi connectivity index (χ1v) is 10.8. The van der Waals surface area contributed by atoms with Gasteiger partial charge in [0.1, 0.15) is 19.0 Å². The van der Waals surface area contributed by atoms with E-state index in [0.29, 0.717) is 47.4 Å². The van der Waals surface area contributed by atoms with E-state index in [1.807, 2.05) is 72.8 Å². The first-order valence-electron chi connectivity index (χ1n) is 10.8. The van der Waals surface area contributed by atoms with Gasteiger partial charge in [-0.05, 0) is 41.5 Å². The lowest BCUT2D eigenvalue weighted by Crippen LogP contribution is -2.14. The van der Waals surface area contributed by atoms with Crippen LogP contribution in [0.3, 0.4) is 0 Å². The van der Waals surface area contributed by atoms with Gasteiger partial charge in [-0.1, -0.05) is 60.7 Å². The second-order valence-corrected chi connectivity index (χ2v) is 7.62. The molecule has 0 saturated heterocycles. The Bertz CT molecular complexity index is 1230. The quantitative estimate of drug-likeness (QED) is 0.318. The normalized spacial score (nSPS) is 10.4. The molecule has 3 N–H and O–H groups in total. The molecule has 4 rings (SSSR count). The van der Waals surface area contributed by atoms with Crippen LogP contribution in [0.15, 0.2) is 97.1 Å². The summed E-state index contributed by atoms with van der Waals surface area (Å²) in [5, 5.41) is 2.86. The fourth-order valence-corrected chi connectivity index (χ4v) is 3.35. The number of rotatable bonds is 9. The Morgan fingerprint density at radius 3 is 1.94 bits per heavy atom. The minimum Gasteiger partial charge on any atom is -0.493 e. The summed E-state index contributed by atoms with van der Waals surface area (Å²) in [7, 11) is 1.52. The van der Waals surface area contributed by atoms with Crippen molar-refractivity contribution in [3.8, 4) is 17.2 Å². The summed E-state index contributed by atoms with van der Waals surface area (Å²) in [5.74, 6) is 1.27. The highest BCUT2D eigenvalue weighted by molar-refractivity contribution is 6.08. The molecule has 0 aliphatic rings. The molecule has 0 saturated carbocycles. The van der Waals surface area contributed by atoms with Crippen LogP contribution < -0.4 is 25.3 Å². The standard InChI is InChI=1S/C28H26N2O4/c1-32-26-16-24(25(29)17-27(26)34-19-21-10-6-3-7-11-21)28(31)30-22-12-14-23(15-13-22)33-18-20-8-4-2-5-9-20/h2-17H,18-19,29H2,1H3,(H,30,31).